The largest absolute Gasteiger partial charge is 0.310 e. The summed E-state index contributed by atoms with van der Waals surface area (Å²) in [5.74, 6) is 0. The van der Waals surface area contributed by atoms with E-state index >= 15 is 0 Å². The van der Waals surface area contributed by atoms with Gasteiger partial charge < -0.3 is 4.90 Å². The van der Waals surface area contributed by atoms with E-state index in [0.29, 0.717) is 5.56 Å². The van der Waals surface area contributed by atoms with Crippen molar-refractivity contribution in [2.24, 2.45) is 0 Å². The Hall–Kier alpha value is -6.96. The van der Waals surface area contributed by atoms with Gasteiger partial charge in [0.25, 0.3) is 0 Å². The number of hydrogen-bond acceptors (Lipinski definition) is 1. The molecule has 270 valence electrons. The van der Waals surface area contributed by atoms with E-state index in [9.17, 15) is 5.48 Å². The first kappa shape index (κ1) is 29.3. The molecule has 0 bridgehead atoms. The molecule has 9 aromatic rings. The fourth-order valence-electron chi connectivity index (χ4n) is 9.81. The Morgan fingerprint density at radius 1 is 0.386 bits per heavy atom. The van der Waals surface area contributed by atoms with Crippen molar-refractivity contribution in [2.75, 3.05) is 4.90 Å². The first-order valence-electron chi connectivity index (χ1n) is 21.7. The predicted octanol–water partition coefficient (Wildman–Crippen LogP) is 14.6. The molecule has 0 aliphatic heterocycles. The highest BCUT2D eigenvalue weighted by Gasteiger charge is 2.46. The molecule has 0 saturated heterocycles. The number of rotatable bonds is 6. The zero-order chi connectivity index (χ0) is 41.6. The molecular weight excluding hydrogens is 687 g/mol. The smallest absolute Gasteiger partial charge is 0.0714 e. The van der Waals surface area contributed by atoms with E-state index in [1.54, 1.807) is 0 Å². The Labute approximate surface area is 340 Å². The summed E-state index contributed by atoms with van der Waals surface area (Å²) >= 11 is 0. The van der Waals surface area contributed by atoms with Gasteiger partial charge in [-0.2, -0.15) is 0 Å². The molecule has 2 aliphatic carbocycles. The van der Waals surface area contributed by atoms with Gasteiger partial charge in [0.2, 0.25) is 0 Å². The minimum Gasteiger partial charge on any atom is -0.310 e. The fourth-order valence-corrected chi connectivity index (χ4v) is 9.81. The zero-order valence-corrected chi connectivity index (χ0v) is 31.8. The molecule has 0 amide bonds. The van der Waals surface area contributed by atoms with E-state index in [2.05, 4.69) is 159 Å². The van der Waals surface area contributed by atoms with Crippen molar-refractivity contribution in [3.05, 3.63) is 246 Å². The van der Waals surface area contributed by atoms with Crippen LogP contribution in [0, 0.1) is 0 Å². The highest BCUT2D eigenvalue weighted by atomic mass is 15.1. The summed E-state index contributed by atoms with van der Waals surface area (Å²) in [6.07, 6.45) is 0. The van der Waals surface area contributed by atoms with Crippen molar-refractivity contribution in [1.82, 2.24) is 0 Å². The highest BCUT2D eigenvalue weighted by Crippen LogP contribution is 2.58. The van der Waals surface area contributed by atoms with Gasteiger partial charge in [-0.25, -0.2) is 0 Å². The third-order valence-corrected chi connectivity index (χ3v) is 12.4. The Bertz CT molecular complexity index is 3150. The lowest BCUT2D eigenvalue weighted by Gasteiger charge is -2.35. The number of fused-ring (bicyclic) bond motifs is 7. The van der Waals surface area contributed by atoms with E-state index in [0.717, 1.165) is 61.1 Å². The van der Waals surface area contributed by atoms with E-state index in [4.69, 9.17) is 0 Å². The van der Waals surface area contributed by atoms with Gasteiger partial charge in [0.1, 0.15) is 0 Å². The van der Waals surface area contributed by atoms with Crippen LogP contribution in [0.5, 0.6) is 0 Å². The van der Waals surface area contributed by atoms with Crippen LogP contribution in [0.3, 0.4) is 0 Å². The molecule has 0 saturated carbocycles. The highest BCUT2D eigenvalue weighted by molar-refractivity contribution is 5.97. The molecule has 1 nitrogen and oxygen atoms in total. The second-order valence-electron chi connectivity index (χ2n) is 15.7. The molecular formula is C56H41N. The van der Waals surface area contributed by atoms with Crippen LogP contribution in [0.1, 0.15) is 52.7 Å². The third kappa shape index (κ3) is 4.95. The number of hydrogen-bond donors (Lipinski definition) is 0. The third-order valence-electron chi connectivity index (χ3n) is 12.4. The Morgan fingerprint density at radius 2 is 0.877 bits per heavy atom. The molecule has 11 rings (SSSR count). The summed E-state index contributed by atoms with van der Waals surface area (Å²) in [5.41, 5.74) is 13.3. The molecule has 0 radical (unpaired) electrons. The molecule has 0 heterocycles. The number of benzene rings is 9. The molecule has 0 atom stereocenters. The Morgan fingerprint density at radius 3 is 1.56 bits per heavy atom. The van der Waals surface area contributed by atoms with Gasteiger partial charge >= 0.3 is 0 Å². The average Bonchev–Trinajstić information content (AvgIpc) is 3.73. The van der Waals surface area contributed by atoms with E-state index in [1.165, 1.54) is 16.7 Å². The lowest BCUT2D eigenvalue weighted by atomic mass is 9.67. The number of anilines is 3. The maximum absolute atomic E-state index is 9.87. The molecule has 0 aromatic heterocycles. The minimum atomic E-state index is -0.676. The second kappa shape index (κ2) is 12.8. The van der Waals surface area contributed by atoms with Gasteiger partial charge in [-0.15, -0.1) is 0 Å². The van der Waals surface area contributed by atoms with E-state index < -0.39 is 5.41 Å². The van der Waals surface area contributed by atoms with Gasteiger partial charge in [-0.05, 0) is 114 Å². The Balaban J connectivity index is 1.21. The van der Waals surface area contributed by atoms with Crippen LogP contribution in [0.15, 0.2) is 212 Å². The molecule has 2 aliphatic rings. The van der Waals surface area contributed by atoms with Gasteiger partial charge in [-0.1, -0.05) is 190 Å². The SMILES string of the molecule is [2H]c1c([2H])c(N(c2ccc3c(c2)C(C)(C)c2ccccc2-3)c2ccc3c(c2)C(c2ccccc2)(c2ccccc2)c2ccccc2-3)c([2H])c([2H])c1-c1cccc2ccccc12. The molecule has 0 spiro atoms. The van der Waals surface area contributed by atoms with Gasteiger partial charge in [0.05, 0.1) is 10.9 Å². The molecule has 1 heteroatoms. The fraction of sp³-hybridized carbons (Fsp3) is 0.0714. The minimum absolute atomic E-state index is 0.0808. The molecule has 0 fully saturated rings. The molecule has 0 unspecified atom stereocenters. The van der Waals surface area contributed by atoms with Gasteiger partial charge in [-0.3, -0.25) is 0 Å². The van der Waals surface area contributed by atoms with Crippen LogP contribution in [-0.2, 0) is 10.8 Å². The maximum Gasteiger partial charge on any atom is 0.0714 e. The van der Waals surface area contributed by atoms with E-state index in [-0.39, 0.29) is 40.8 Å². The Kier molecular flexibility index (Phi) is 6.59. The standard InChI is InChI=1S/C56H41N/c1-55(2)51-26-13-11-23-47(51)49-34-32-43(36-53(49)55)57(42-30-28-39(29-31-42)46-25-15-17-38-16-9-10-22-45(38)46)44-33-35-50-48-24-12-14-27-52(48)56(54(50)37-44,40-18-5-3-6-19-40)41-20-7-4-8-21-41/h3-37H,1-2H3/i28D,29D,30D,31D. The first-order valence-corrected chi connectivity index (χ1v) is 19.7. The van der Waals surface area contributed by atoms with Crippen molar-refractivity contribution < 1.29 is 5.48 Å². The lowest BCUT2D eigenvalue weighted by molar-refractivity contribution is 0.660. The van der Waals surface area contributed by atoms with Crippen molar-refractivity contribution in [3.8, 4) is 33.4 Å². The maximum atomic E-state index is 9.87. The summed E-state index contributed by atoms with van der Waals surface area (Å²) in [4.78, 5) is 1.97. The van der Waals surface area contributed by atoms with Gasteiger partial charge in [0, 0.05) is 22.5 Å². The summed E-state index contributed by atoms with van der Waals surface area (Å²) in [6.45, 7) is 4.50. The summed E-state index contributed by atoms with van der Waals surface area (Å²) in [5, 5.41) is 1.86. The quantitative estimate of drug-likeness (QED) is 0.165. The van der Waals surface area contributed by atoms with Crippen molar-refractivity contribution >= 4 is 27.8 Å². The molecule has 57 heavy (non-hydrogen) atoms. The van der Waals surface area contributed by atoms with Crippen molar-refractivity contribution in [3.63, 3.8) is 0 Å². The first-order chi connectivity index (χ1) is 29.7. The monoisotopic (exact) mass is 731 g/mol. The van der Waals surface area contributed by atoms with Crippen LogP contribution < -0.4 is 4.90 Å². The normalized spacial score (nSPS) is 15.1. The van der Waals surface area contributed by atoms with Crippen LogP contribution in [0.25, 0.3) is 44.2 Å². The molecule has 9 aromatic carbocycles. The summed E-state index contributed by atoms with van der Waals surface area (Å²) < 4.78 is 39.1. The summed E-state index contributed by atoms with van der Waals surface area (Å²) in [6, 6.07) is 64.8. The van der Waals surface area contributed by atoms with Crippen molar-refractivity contribution in [1.29, 1.82) is 0 Å². The average molecular weight is 732 g/mol. The number of nitrogens with zero attached hydrogens (tertiary/aromatic N) is 1. The van der Waals surface area contributed by atoms with Gasteiger partial charge in [0.15, 0.2) is 0 Å². The van der Waals surface area contributed by atoms with Crippen LogP contribution in [0.2, 0.25) is 0 Å². The van der Waals surface area contributed by atoms with Crippen molar-refractivity contribution in [2.45, 2.75) is 24.7 Å². The second-order valence-corrected chi connectivity index (χ2v) is 15.7. The summed E-state index contributed by atoms with van der Waals surface area (Å²) in [7, 11) is 0. The molecule has 0 N–H and O–H groups in total. The predicted molar refractivity (Wildman–Crippen MR) is 239 cm³/mol. The zero-order valence-electron chi connectivity index (χ0n) is 35.8. The van der Waals surface area contributed by atoms with Crippen LogP contribution >= 0.6 is 0 Å². The van der Waals surface area contributed by atoms with Crippen LogP contribution in [0.4, 0.5) is 17.1 Å². The van der Waals surface area contributed by atoms with Crippen LogP contribution in [-0.4, -0.2) is 0 Å². The topological polar surface area (TPSA) is 3.24 Å². The van der Waals surface area contributed by atoms with E-state index in [1.807, 2.05) is 47.4 Å². The lowest BCUT2D eigenvalue weighted by Crippen LogP contribution is -2.28.